The molecule has 1 aliphatic rings. The highest BCUT2D eigenvalue weighted by Gasteiger charge is 2.24. The Morgan fingerprint density at radius 1 is 0.840 bits per heavy atom. The number of hydrogen-bond acceptors (Lipinski definition) is 2. The van der Waals surface area contributed by atoms with E-state index in [1.807, 2.05) is 12.1 Å². The Morgan fingerprint density at radius 3 is 2.08 bits per heavy atom. The summed E-state index contributed by atoms with van der Waals surface area (Å²) in [5.74, 6) is 1.70. The molecule has 1 saturated heterocycles. The van der Waals surface area contributed by atoms with Crippen LogP contribution in [-0.4, -0.2) is 40.4 Å². The summed E-state index contributed by atoms with van der Waals surface area (Å²) in [7, 11) is 3.41. The predicted octanol–water partition coefficient (Wildman–Crippen LogP) is 0.950. The standard InChI is InChI=1S/C20H25BrN2O2/c1-24-19-5-3-4-17(20(19)25-2)15-23-12-10-22(11-13-23)14-16-6-8-18(21)9-7-16/h3-9H,10-15H2,1-2H3/p+2. The first-order valence-electron chi connectivity index (χ1n) is 8.81. The van der Waals surface area contributed by atoms with Crippen LogP contribution in [-0.2, 0) is 13.1 Å². The van der Waals surface area contributed by atoms with E-state index in [0.29, 0.717) is 0 Å². The molecular formula is C20H27BrN2O2+2. The number of hydrogen-bond donors (Lipinski definition) is 2. The first kappa shape index (κ1) is 18.2. The fraction of sp³-hybridized carbons (Fsp3) is 0.400. The van der Waals surface area contributed by atoms with Crippen molar-refractivity contribution in [1.82, 2.24) is 0 Å². The summed E-state index contributed by atoms with van der Waals surface area (Å²) in [5.41, 5.74) is 2.64. The highest BCUT2D eigenvalue weighted by Crippen LogP contribution is 2.30. The molecule has 2 aromatic carbocycles. The van der Waals surface area contributed by atoms with Crippen molar-refractivity contribution in [2.45, 2.75) is 13.1 Å². The van der Waals surface area contributed by atoms with Gasteiger partial charge in [-0.15, -0.1) is 0 Å². The number of rotatable bonds is 6. The van der Waals surface area contributed by atoms with Crippen molar-refractivity contribution in [3.63, 3.8) is 0 Å². The van der Waals surface area contributed by atoms with Crippen LogP contribution in [0, 0.1) is 0 Å². The number of nitrogens with one attached hydrogen (secondary N) is 2. The number of quaternary nitrogens is 2. The number of halogens is 1. The largest absolute Gasteiger partial charge is 0.493 e. The van der Waals surface area contributed by atoms with Crippen LogP contribution in [0.4, 0.5) is 0 Å². The van der Waals surface area contributed by atoms with Gasteiger partial charge >= 0.3 is 0 Å². The third kappa shape index (κ3) is 4.75. The average molecular weight is 407 g/mol. The minimum Gasteiger partial charge on any atom is -0.493 e. The van der Waals surface area contributed by atoms with Gasteiger partial charge in [-0.2, -0.15) is 0 Å². The molecule has 1 heterocycles. The van der Waals surface area contributed by atoms with E-state index in [1.54, 1.807) is 24.0 Å². The maximum absolute atomic E-state index is 5.57. The van der Waals surface area contributed by atoms with Crippen LogP contribution in [0.1, 0.15) is 11.1 Å². The van der Waals surface area contributed by atoms with E-state index in [9.17, 15) is 0 Å². The third-order valence-electron chi connectivity index (χ3n) is 4.96. The van der Waals surface area contributed by atoms with Gasteiger partial charge in [0.1, 0.15) is 39.3 Å². The lowest BCUT2D eigenvalue weighted by Crippen LogP contribution is -3.27. The molecule has 0 saturated carbocycles. The SMILES string of the molecule is COc1cccc(C[NH+]2CC[NH+](Cc3ccc(Br)cc3)CC2)c1OC. The van der Waals surface area contributed by atoms with Gasteiger partial charge < -0.3 is 19.3 Å². The number of para-hydroxylation sites is 1. The van der Waals surface area contributed by atoms with Crippen LogP contribution in [0.2, 0.25) is 0 Å². The maximum atomic E-state index is 5.57. The van der Waals surface area contributed by atoms with E-state index in [1.165, 1.54) is 37.3 Å². The van der Waals surface area contributed by atoms with Crippen LogP contribution in [0.25, 0.3) is 0 Å². The molecule has 25 heavy (non-hydrogen) atoms. The maximum Gasteiger partial charge on any atom is 0.169 e. The molecule has 0 aliphatic carbocycles. The topological polar surface area (TPSA) is 27.3 Å². The van der Waals surface area contributed by atoms with E-state index in [-0.39, 0.29) is 0 Å². The Labute approximate surface area is 158 Å². The molecule has 1 fully saturated rings. The summed E-state index contributed by atoms with van der Waals surface area (Å²) in [5, 5.41) is 0. The molecule has 1 aliphatic heterocycles. The molecule has 0 radical (unpaired) electrons. The van der Waals surface area contributed by atoms with Gasteiger partial charge in [-0.25, -0.2) is 0 Å². The van der Waals surface area contributed by atoms with Crippen molar-refractivity contribution >= 4 is 15.9 Å². The molecule has 2 aromatic rings. The van der Waals surface area contributed by atoms with Crippen molar-refractivity contribution < 1.29 is 19.3 Å². The van der Waals surface area contributed by atoms with Gasteiger partial charge in [0.05, 0.1) is 19.8 Å². The number of methoxy groups -OCH3 is 2. The molecule has 0 atom stereocenters. The second-order valence-electron chi connectivity index (χ2n) is 6.63. The monoisotopic (exact) mass is 406 g/mol. The fourth-order valence-corrected chi connectivity index (χ4v) is 3.83. The van der Waals surface area contributed by atoms with E-state index in [2.05, 4.69) is 46.3 Å². The molecule has 0 amide bonds. The van der Waals surface area contributed by atoms with Gasteiger partial charge in [0.15, 0.2) is 11.5 Å². The fourth-order valence-electron chi connectivity index (χ4n) is 3.56. The zero-order valence-corrected chi connectivity index (χ0v) is 16.6. The summed E-state index contributed by atoms with van der Waals surface area (Å²) >= 11 is 3.50. The summed E-state index contributed by atoms with van der Waals surface area (Å²) in [6.07, 6.45) is 0. The lowest BCUT2D eigenvalue weighted by Gasteiger charge is -2.30. The second kappa shape index (κ2) is 8.70. The smallest absolute Gasteiger partial charge is 0.169 e. The summed E-state index contributed by atoms with van der Waals surface area (Å²) in [6, 6.07) is 14.9. The van der Waals surface area contributed by atoms with E-state index in [0.717, 1.165) is 29.1 Å². The predicted molar refractivity (Wildman–Crippen MR) is 102 cm³/mol. The number of piperazine rings is 1. The lowest BCUT2D eigenvalue weighted by molar-refractivity contribution is -1.02. The van der Waals surface area contributed by atoms with Gasteiger partial charge in [0.25, 0.3) is 0 Å². The normalized spacial score (nSPS) is 20.3. The van der Waals surface area contributed by atoms with Gasteiger partial charge in [0, 0.05) is 10.0 Å². The lowest BCUT2D eigenvalue weighted by atomic mass is 10.1. The molecule has 3 rings (SSSR count). The highest BCUT2D eigenvalue weighted by molar-refractivity contribution is 9.10. The van der Waals surface area contributed by atoms with Gasteiger partial charge in [-0.3, -0.25) is 0 Å². The molecule has 0 bridgehead atoms. The Bertz CT molecular complexity index is 683. The third-order valence-corrected chi connectivity index (χ3v) is 5.49. The Kier molecular flexibility index (Phi) is 6.34. The second-order valence-corrected chi connectivity index (χ2v) is 7.55. The van der Waals surface area contributed by atoms with Crippen molar-refractivity contribution in [3.8, 4) is 11.5 Å². The summed E-state index contributed by atoms with van der Waals surface area (Å²) in [6.45, 7) is 6.89. The number of benzene rings is 2. The Balaban J connectivity index is 1.55. The van der Waals surface area contributed by atoms with Crippen LogP contribution >= 0.6 is 15.9 Å². The van der Waals surface area contributed by atoms with Gasteiger partial charge in [-0.05, 0) is 24.3 Å². The minimum absolute atomic E-state index is 0.818. The van der Waals surface area contributed by atoms with Gasteiger partial charge in [0.2, 0.25) is 0 Å². The zero-order chi connectivity index (χ0) is 17.6. The molecule has 2 N–H and O–H groups in total. The van der Waals surface area contributed by atoms with E-state index < -0.39 is 0 Å². The first-order chi connectivity index (χ1) is 12.2. The number of ether oxygens (including phenoxy) is 2. The van der Waals surface area contributed by atoms with E-state index >= 15 is 0 Å². The molecule has 4 nitrogen and oxygen atoms in total. The van der Waals surface area contributed by atoms with Crippen molar-refractivity contribution in [1.29, 1.82) is 0 Å². The highest BCUT2D eigenvalue weighted by atomic mass is 79.9. The molecule has 0 aromatic heterocycles. The Hall–Kier alpha value is -1.56. The average Bonchev–Trinajstić information content (AvgIpc) is 2.65. The summed E-state index contributed by atoms with van der Waals surface area (Å²) < 4.78 is 12.1. The van der Waals surface area contributed by atoms with Crippen LogP contribution < -0.4 is 19.3 Å². The van der Waals surface area contributed by atoms with Crippen LogP contribution in [0.3, 0.4) is 0 Å². The van der Waals surface area contributed by atoms with E-state index in [4.69, 9.17) is 9.47 Å². The quantitative estimate of drug-likeness (QED) is 0.747. The molecule has 0 spiro atoms. The van der Waals surface area contributed by atoms with Gasteiger partial charge in [-0.1, -0.05) is 34.1 Å². The van der Waals surface area contributed by atoms with Crippen molar-refractivity contribution in [3.05, 3.63) is 58.1 Å². The molecule has 5 heteroatoms. The van der Waals surface area contributed by atoms with Crippen LogP contribution in [0.15, 0.2) is 46.9 Å². The van der Waals surface area contributed by atoms with Crippen molar-refractivity contribution in [2.24, 2.45) is 0 Å². The zero-order valence-electron chi connectivity index (χ0n) is 15.0. The molecule has 0 unspecified atom stereocenters. The van der Waals surface area contributed by atoms with Crippen LogP contribution in [0.5, 0.6) is 11.5 Å². The first-order valence-corrected chi connectivity index (χ1v) is 9.60. The minimum atomic E-state index is 0.818. The summed E-state index contributed by atoms with van der Waals surface area (Å²) in [4.78, 5) is 3.29. The van der Waals surface area contributed by atoms with Crippen molar-refractivity contribution in [2.75, 3.05) is 40.4 Å². The molecule has 134 valence electrons. The molecular weight excluding hydrogens is 380 g/mol. The Morgan fingerprint density at radius 2 is 1.48 bits per heavy atom.